The summed E-state index contributed by atoms with van der Waals surface area (Å²) in [5, 5.41) is 3.90. The zero-order valence-corrected chi connectivity index (χ0v) is 9.47. The molecular weight excluding hydrogens is 258 g/mol. The van der Waals surface area contributed by atoms with Gasteiger partial charge in [-0.3, -0.25) is 4.68 Å². The highest BCUT2D eigenvalue weighted by Crippen LogP contribution is 2.15. The molecular formula is C6H10BrN3O2S. The van der Waals surface area contributed by atoms with Gasteiger partial charge in [-0.25, -0.2) is 8.42 Å². The minimum absolute atomic E-state index is 0.0700. The molecule has 0 amide bonds. The maximum Gasteiger partial charge on any atom is 0.159 e. The number of rotatable bonds is 3. The Morgan fingerprint density at radius 2 is 2.31 bits per heavy atom. The monoisotopic (exact) mass is 267 g/mol. The molecule has 1 heterocycles. The molecule has 1 rings (SSSR count). The van der Waals surface area contributed by atoms with Gasteiger partial charge in [0, 0.05) is 12.5 Å². The van der Waals surface area contributed by atoms with Crippen molar-refractivity contribution in [2.45, 2.75) is 6.54 Å². The number of anilines is 1. The molecule has 0 atom stereocenters. The minimum Gasteiger partial charge on any atom is -0.381 e. The fourth-order valence-corrected chi connectivity index (χ4v) is 1.62. The minimum atomic E-state index is -2.94. The average molecular weight is 268 g/mol. The van der Waals surface area contributed by atoms with Crippen LogP contribution in [0.25, 0.3) is 0 Å². The second-order valence-electron chi connectivity index (χ2n) is 2.76. The summed E-state index contributed by atoms with van der Waals surface area (Å²) < 4.78 is 23.8. The molecule has 0 bridgehead atoms. The molecule has 0 saturated carbocycles. The first-order valence-corrected chi connectivity index (χ1v) is 6.40. The van der Waals surface area contributed by atoms with Gasteiger partial charge in [-0.1, -0.05) is 0 Å². The molecule has 0 aliphatic carbocycles. The van der Waals surface area contributed by atoms with Crippen LogP contribution in [0.2, 0.25) is 0 Å². The van der Waals surface area contributed by atoms with Gasteiger partial charge < -0.3 is 5.73 Å². The molecule has 0 aromatic carbocycles. The van der Waals surface area contributed by atoms with Gasteiger partial charge in [0.05, 0.1) is 16.8 Å². The first-order valence-electron chi connectivity index (χ1n) is 3.54. The molecule has 1 aromatic heterocycles. The second kappa shape index (κ2) is 3.67. The third-order valence-electron chi connectivity index (χ3n) is 1.43. The third kappa shape index (κ3) is 3.35. The number of nitrogens with two attached hydrogens (primary N) is 1. The summed E-state index contributed by atoms with van der Waals surface area (Å²) in [6.07, 6.45) is 2.84. The SMILES string of the molecule is CS(=O)(=O)CCn1cc(Br)c(N)n1. The van der Waals surface area contributed by atoms with Crippen LogP contribution in [0.4, 0.5) is 5.82 Å². The lowest BCUT2D eigenvalue weighted by atomic mass is 10.6. The van der Waals surface area contributed by atoms with Crippen LogP contribution in [-0.2, 0) is 16.4 Å². The van der Waals surface area contributed by atoms with Crippen LogP contribution in [0.1, 0.15) is 0 Å². The second-order valence-corrected chi connectivity index (χ2v) is 5.87. The van der Waals surface area contributed by atoms with Gasteiger partial charge in [0.25, 0.3) is 0 Å². The molecule has 7 heteroatoms. The van der Waals surface area contributed by atoms with Gasteiger partial charge in [-0.05, 0) is 15.9 Å². The van der Waals surface area contributed by atoms with E-state index in [2.05, 4.69) is 21.0 Å². The van der Waals surface area contributed by atoms with Crippen LogP contribution in [0, 0.1) is 0 Å². The Labute approximate surface area is 85.0 Å². The van der Waals surface area contributed by atoms with E-state index >= 15 is 0 Å². The molecule has 5 nitrogen and oxygen atoms in total. The molecule has 13 heavy (non-hydrogen) atoms. The Hall–Kier alpha value is -0.560. The fraction of sp³-hybridized carbons (Fsp3) is 0.500. The topological polar surface area (TPSA) is 78.0 Å². The van der Waals surface area contributed by atoms with Crippen molar-refractivity contribution >= 4 is 31.6 Å². The van der Waals surface area contributed by atoms with Crippen LogP contribution in [-0.4, -0.2) is 30.2 Å². The van der Waals surface area contributed by atoms with E-state index in [9.17, 15) is 8.42 Å². The molecule has 0 aliphatic heterocycles. The largest absolute Gasteiger partial charge is 0.381 e. The molecule has 0 aliphatic rings. The number of aromatic nitrogens is 2. The summed E-state index contributed by atoms with van der Waals surface area (Å²) in [6.45, 7) is 0.328. The standard InChI is InChI=1S/C6H10BrN3O2S/c1-13(11,12)3-2-10-4-5(7)6(8)9-10/h4H,2-3H2,1H3,(H2,8,9). The predicted octanol–water partition coefficient (Wildman–Crippen LogP) is 0.272. The zero-order chi connectivity index (χ0) is 10.1. The molecule has 1 aromatic rings. The lowest BCUT2D eigenvalue weighted by Crippen LogP contribution is -2.11. The van der Waals surface area contributed by atoms with Crippen molar-refractivity contribution in [1.29, 1.82) is 0 Å². The highest BCUT2D eigenvalue weighted by atomic mass is 79.9. The maximum absolute atomic E-state index is 10.8. The van der Waals surface area contributed by atoms with Crippen molar-refractivity contribution in [2.75, 3.05) is 17.7 Å². The number of halogens is 1. The van der Waals surface area contributed by atoms with Gasteiger partial charge in [-0.2, -0.15) is 5.10 Å². The Morgan fingerprint density at radius 3 is 2.69 bits per heavy atom. The quantitative estimate of drug-likeness (QED) is 0.853. The van der Waals surface area contributed by atoms with E-state index in [1.165, 1.54) is 10.9 Å². The number of hydrogen-bond donors (Lipinski definition) is 1. The fourth-order valence-electron chi connectivity index (χ4n) is 0.786. The van der Waals surface area contributed by atoms with E-state index in [4.69, 9.17) is 5.73 Å². The number of nitrogens with zero attached hydrogens (tertiary/aromatic N) is 2. The summed E-state index contributed by atoms with van der Waals surface area (Å²) >= 11 is 3.18. The van der Waals surface area contributed by atoms with E-state index < -0.39 is 9.84 Å². The van der Waals surface area contributed by atoms with E-state index in [0.29, 0.717) is 16.8 Å². The van der Waals surface area contributed by atoms with Crippen molar-refractivity contribution in [1.82, 2.24) is 9.78 Å². The smallest absolute Gasteiger partial charge is 0.159 e. The van der Waals surface area contributed by atoms with Gasteiger partial charge in [-0.15, -0.1) is 0 Å². The number of hydrogen-bond acceptors (Lipinski definition) is 4. The molecule has 0 spiro atoms. The predicted molar refractivity (Wildman–Crippen MR) is 54.1 cm³/mol. The highest BCUT2D eigenvalue weighted by molar-refractivity contribution is 9.10. The van der Waals surface area contributed by atoms with Gasteiger partial charge in [0.2, 0.25) is 0 Å². The van der Waals surface area contributed by atoms with Crippen molar-refractivity contribution in [3.8, 4) is 0 Å². The normalized spacial score (nSPS) is 11.8. The van der Waals surface area contributed by atoms with E-state index in [1.54, 1.807) is 6.20 Å². The lowest BCUT2D eigenvalue weighted by Gasteiger charge is -1.98. The van der Waals surface area contributed by atoms with Crippen molar-refractivity contribution in [3.63, 3.8) is 0 Å². The summed E-state index contributed by atoms with van der Waals surface area (Å²) in [5.41, 5.74) is 5.45. The Morgan fingerprint density at radius 1 is 1.69 bits per heavy atom. The highest BCUT2D eigenvalue weighted by Gasteiger charge is 2.05. The molecule has 0 saturated heterocycles. The van der Waals surface area contributed by atoms with Crippen molar-refractivity contribution in [2.24, 2.45) is 0 Å². The Kier molecular flexibility index (Phi) is 2.97. The maximum atomic E-state index is 10.8. The van der Waals surface area contributed by atoms with Gasteiger partial charge in [0.1, 0.15) is 9.84 Å². The Bertz CT molecular complexity index is 379. The summed E-state index contributed by atoms with van der Waals surface area (Å²) in [7, 11) is -2.94. The number of nitrogen functional groups attached to an aromatic ring is 1. The number of aryl methyl sites for hydroxylation is 1. The molecule has 2 N–H and O–H groups in total. The van der Waals surface area contributed by atoms with Crippen LogP contribution in [0.15, 0.2) is 10.7 Å². The summed E-state index contributed by atoms with van der Waals surface area (Å²) in [4.78, 5) is 0. The van der Waals surface area contributed by atoms with Crippen LogP contribution in [0.5, 0.6) is 0 Å². The lowest BCUT2D eigenvalue weighted by molar-refractivity contribution is 0.586. The van der Waals surface area contributed by atoms with Crippen molar-refractivity contribution < 1.29 is 8.42 Å². The molecule has 0 unspecified atom stereocenters. The van der Waals surface area contributed by atoms with Crippen LogP contribution in [0.3, 0.4) is 0 Å². The average Bonchev–Trinajstić information content (AvgIpc) is 2.27. The van der Waals surface area contributed by atoms with E-state index in [0.717, 1.165) is 0 Å². The molecule has 0 fully saturated rings. The zero-order valence-electron chi connectivity index (χ0n) is 7.07. The van der Waals surface area contributed by atoms with E-state index in [-0.39, 0.29) is 5.75 Å². The van der Waals surface area contributed by atoms with E-state index in [1.807, 2.05) is 0 Å². The Balaban J connectivity index is 2.66. The summed E-state index contributed by atoms with van der Waals surface area (Å²) in [5.74, 6) is 0.439. The first kappa shape index (κ1) is 10.5. The number of sulfone groups is 1. The van der Waals surface area contributed by atoms with Crippen molar-refractivity contribution in [3.05, 3.63) is 10.7 Å². The van der Waals surface area contributed by atoms with Gasteiger partial charge >= 0.3 is 0 Å². The summed E-state index contributed by atoms with van der Waals surface area (Å²) in [6, 6.07) is 0. The van der Waals surface area contributed by atoms with Crippen LogP contribution >= 0.6 is 15.9 Å². The third-order valence-corrected chi connectivity index (χ3v) is 2.97. The van der Waals surface area contributed by atoms with Gasteiger partial charge in [0.15, 0.2) is 5.82 Å². The molecule has 0 radical (unpaired) electrons. The first-order chi connectivity index (χ1) is 5.88. The molecule has 74 valence electrons. The van der Waals surface area contributed by atoms with Crippen LogP contribution < -0.4 is 5.73 Å².